The third-order valence-corrected chi connectivity index (χ3v) is 5.34. The van der Waals surface area contributed by atoms with E-state index < -0.39 is 0 Å². The summed E-state index contributed by atoms with van der Waals surface area (Å²) in [7, 11) is 1.57. The smallest absolute Gasteiger partial charge is 0.270 e. The summed E-state index contributed by atoms with van der Waals surface area (Å²) in [6.45, 7) is 6.45. The minimum atomic E-state index is -0.186. The van der Waals surface area contributed by atoms with Crippen molar-refractivity contribution in [2.75, 3.05) is 25.2 Å². The van der Waals surface area contributed by atoms with E-state index in [2.05, 4.69) is 6.58 Å². The zero-order chi connectivity index (χ0) is 20.8. The maximum atomic E-state index is 13.0. The van der Waals surface area contributed by atoms with E-state index in [1.165, 1.54) is 16.7 Å². The largest absolute Gasteiger partial charge is 0.495 e. The van der Waals surface area contributed by atoms with E-state index in [1.807, 2.05) is 43.3 Å². The standard InChI is InChI=1S/C22H21NO4S2/c1-4-12-27-18-11-10-15(13-19(18)26-5-2)14-20-21(24)23(22(28)29-20)16-8-6-7-9-17(16)25-3/h4,6-11,13-14H,1,5,12H2,2-3H3/b20-14+. The van der Waals surface area contributed by atoms with Crippen molar-refractivity contribution in [2.45, 2.75) is 6.92 Å². The molecule has 1 aliphatic heterocycles. The summed E-state index contributed by atoms with van der Waals surface area (Å²) in [5.74, 6) is 1.65. The molecule has 0 spiro atoms. The Bertz CT molecular complexity index is 971. The lowest BCUT2D eigenvalue weighted by Gasteiger charge is -2.17. The first kappa shape index (κ1) is 21.0. The van der Waals surface area contributed by atoms with Gasteiger partial charge in [0.1, 0.15) is 12.4 Å². The van der Waals surface area contributed by atoms with Gasteiger partial charge >= 0.3 is 0 Å². The molecule has 0 atom stereocenters. The number of nitrogens with zero attached hydrogens (tertiary/aromatic N) is 1. The molecule has 0 radical (unpaired) electrons. The highest BCUT2D eigenvalue weighted by molar-refractivity contribution is 8.27. The number of carbonyl (C=O) groups is 1. The molecular formula is C22H21NO4S2. The van der Waals surface area contributed by atoms with Crippen LogP contribution in [0.2, 0.25) is 0 Å². The molecule has 5 nitrogen and oxygen atoms in total. The van der Waals surface area contributed by atoms with Gasteiger partial charge in [0.2, 0.25) is 0 Å². The van der Waals surface area contributed by atoms with Gasteiger partial charge in [0, 0.05) is 0 Å². The first-order valence-electron chi connectivity index (χ1n) is 9.00. The third-order valence-electron chi connectivity index (χ3n) is 4.04. The van der Waals surface area contributed by atoms with Crippen LogP contribution in [-0.2, 0) is 4.79 Å². The quantitative estimate of drug-likeness (QED) is 0.333. The molecule has 1 heterocycles. The number of para-hydroxylation sites is 2. The molecule has 0 N–H and O–H groups in total. The van der Waals surface area contributed by atoms with Gasteiger partial charge in [-0.1, -0.05) is 54.8 Å². The summed E-state index contributed by atoms with van der Waals surface area (Å²) in [6, 6.07) is 12.8. The lowest BCUT2D eigenvalue weighted by molar-refractivity contribution is -0.113. The number of amides is 1. The fraction of sp³-hybridized carbons (Fsp3) is 0.182. The minimum Gasteiger partial charge on any atom is -0.495 e. The van der Waals surface area contributed by atoms with Crippen molar-refractivity contribution >= 4 is 46.0 Å². The Labute approximate surface area is 179 Å². The van der Waals surface area contributed by atoms with Gasteiger partial charge in [-0.25, -0.2) is 0 Å². The van der Waals surface area contributed by atoms with Gasteiger partial charge in [-0.2, -0.15) is 0 Å². The molecule has 2 aromatic carbocycles. The first-order valence-corrected chi connectivity index (χ1v) is 10.2. The van der Waals surface area contributed by atoms with Gasteiger partial charge < -0.3 is 14.2 Å². The second kappa shape index (κ2) is 9.62. The van der Waals surface area contributed by atoms with E-state index in [1.54, 1.807) is 25.3 Å². The van der Waals surface area contributed by atoms with Crippen LogP contribution in [-0.4, -0.2) is 30.6 Å². The monoisotopic (exact) mass is 427 g/mol. The summed E-state index contributed by atoms with van der Waals surface area (Å²) in [4.78, 5) is 15.1. The van der Waals surface area contributed by atoms with E-state index in [4.69, 9.17) is 26.4 Å². The van der Waals surface area contributed by atoms with Crippen molar-refractivity contribution in [3.63, 3.8) is 0 Å². The average Bonchev–Trinajstić information content (AvgIpc) is 3.00. The SMILES string of the molecule is C=CCOc1ccc(/C=C2/SC(=S)N(c3ccccc3OC)C2=O)cc1OCC. The molecule has 0 aromatic heterocycles. The zero-order valence-corrected chi connectivity index (χ0v) is 17.8. The van der Waals surface area contributed by atoms with Crippen molar-refractivity contribution < 1.29 is 19.0 Å². The fourth-order valence-electron chi connectivity index (χ4n) is 2.79. The van der Waals surface area contributed by atoms with Gasteiger partial charge in [-0.05, 0) is 42.8 Å². The number of ether oxygens (including phenoxy) is 3. The maximum absolute atomic E-state index is 13.0. The van der Waals surface area contributed by atoms with Gasteiger partial charge in [0.05, 0.1) is 24.3 Å². The second-order valence-corrected chi connectivity index (χ2v) is 7.60. The Hall–Kier alpha value is -2.77. The molecule has 29 heavy (non-hydrogen) atoms. The van der Waals surface area contributed by atoms with Crippen molar-refractivity contribution in [3.8, 4) is 17.2 Å². The summed E-state index contributed by atoms with van der Waals surface area (Å²) in [6.07, 6.45) is 3.47. The van der Waals surface area contributed by atoms with Crippen LogP contribution < -0.4 is 19.1 Å². The Kier molecular flexibility index (Phi) is 6.95. The highest BCUT2D eigenvalue weighted by Crippen LogP contribution is 2.40. The predicted molar refractivity (Wildman–Crippen MR) is 122 cm³/mol. The van der Waals surface area contributed by atoms with E-state index in [0.29, 0.717) is 45.4 Å². The molecule has 7 heteroatoms. The maximum Gasteiger partial charge on any atom is 0.270 e. The highest BCUT2D eigenvalue weighted by atomic mass is 32.2. The van der Waals surface area contributed by atoms with Crippen LogP contribution in [0, 0.1) is 0 Å². The van der Waals surface area contributed by atoms with E-state index in [0.717, 1.165) is 5.56 Å². The van der Waals surface area contributed by atoms with E-state index >= 15 is 0 Å². The predicted octanol–water partition coefficient (Wildman–Crippen LogP) is 5.06. The molecule has 150 valence electrons. The number of methoxy groups -OCH3 is 1. The van der Waals surface area contributed by atoms with Crippen molar-refractivity contribution in [2.24, 2.45) is 0 Å². The molecule has 3 rings (SSSR count). The van der Waals surface area contributed by atoms with Crippen LogP contribution in [0.15, 0.2) is 60.0 Å². The molecule has 0 unspecified atom stereocenters. The van der Waals surface area contributed by atoms with Crippen LogP contribution >= 0.6 is 24.0 Å². The lowest BCUT2D eigenvalue weighted by Crippen LogP contribution is -2.27. The molecule has 0 aliphatic carbocycles. The fourth-order valence-corrected chi connectivity index (χ4v) is 4.08. The summed E-state index contributed by atoms with van der Waals surface area (Å²) in [5.41, 5.74) is 1.45. The molecule has 1 saturated heterocycles. The molecule has 0 saturated carbocycles. The van der Waals surface area contributed by atoms with Crippen LogP contribution in [0.5, 0.6) is 17.2 Å². The lowest BCUT2D eigenvalue weighted by atomic mass is 10.1. The minimum absolute atomic E-state index is 0.186. The van der Waals surface area contributed by atoms with Crippen LogP contribution in [0.25, 0.3) is 6.08 Å². The number of benzene rings is 2. The Morgan fingerprint density at radius 2 is 1.93 bits per heavy atom. The van der Waals surface area contributed by atoms with Crippen molar-refractivity contribution in [3.05, 3.63) is 65.6 Å². The third kappa shape index (κ3) is 4.63. The van der Waals surface area contributed by atoms with Gasteiger partial charge in [-0.15, -0.1) is 0 Å². The van der Waals surface area contributed by atoms with E-state index in [9.17, 15) is 4.79 Å². The molecule has 1 fully saturated rings. The molecule has 0 bridgehead atoms. The molecule has 2 aromatic rings. The van der Waals surface area contributed by atoms with Crippen molar-refractivity contribution in [1.29, 1.82) is 0 Å². The Balaban J connectivity index is 1.91. The van der Waals surface area contributed by atoms with Gasteiger partial charge in [0.25, 0.3) is 5.91 Å². The number of thiocarbonyl (C=S) groups is 1. The highest BCUT2D eigenvalue weighted by Gasteiger charge is 2.34. The first-order chi connectivity index (χ1) is 14.1. The van der Waals surface area contributed by atoms with Crippen LogP contribution in [0.4, 0.5) is 5.69 Å². The number of rotatable bonds is 8. The summed E-state index contributed by atoms with van der Waals surface area (Å²) < 4.78 is 17.1. The number of hydrogen-bond donors (Lipinski definition) is 0. The normalized spacial score (nSPS) is 15.0. The summed E-state index contributed by atoms with van der Waals surface area (Å²) >= 11 is 6.71. The average molecular weight is 428 g/mol. The van der Waals surface area contributed by atoms with Gasteiger partial charge in [0.15, 0.2) is 15.8 Å². The number of hydrogen-bond acceptors (Lipinski definition) is 6. The Morgan fingerprint density at radius 3 is 2.66 bits per heavy atom. The number of thioether (sulfide) groups is 1. The molecular weight excluding hydrogens is 406 g/mol. The van der Waals surface area contributed by atoms with Crippen LogP contribution in [0.3, 0.4) is 0 Å². The molecule has 1 amide bonds. The van der Waals surface area contributed by atoms with Crippen LogP contribution in [0.1, 0.15) is 12.5 Å². The Morgan fingerprint density at radius 1 is 1.14 bits per heavy atom. The van der Waals surface area contributed by atoms with Crippen molar-refractivity contribution in [1.82, 2.24) is 0 Å². The molecule has 1 aliphatic rings. The van der Waals surface area contributed by atoms with E-state index in [-0.39, 0.29) is 5.91 Å². The summed E-state index contributed by atoms with van der Waals surface area (Å²) in [5, 5.41) is 0. The topological polar surface area (TPSA) is 48.0 Å². The number of carbonyl (C=O) groups excluding carboxylic acids is 1. The zero-order valence-electron chi connectivity index (χ0n) is 16.2. The number of anilines is 1. The van der Waals surface area contributed by atoms with Gasteiger partial charge in [-0.3, -0.25) is 9.69 Å². The second-order valence-electron chi connectivity index (χ2n) is 5.93.